The molecule has 0 spiro atoms. The third-order valence-electron chi connectivity index (χ3n) is 0.837. The van der Waals surface area contributed by atoms with Crippen molar-refractivity contribution in [1.82, 2.24) is 0 Å². The molecule has 6 nitrogen and oxygen atoms in total. The molecule has 0 aromatic carbocycles. The number of hydrogen-bond donors (Lipinski definition) is 4. The largest absolute Gasteiger partial charge is 0.502 e. The second-order valence-electron chi connectivity index (χ2n) is 1.71. The van der Waals surface area contributed by atoms with Crippen molar-refractivity contribution in [3.05, 3.63) is 23.7 Å². The maximum Gasteiger partial charge on any atom is 0.370 e. The molecule has 66 valence electrons. The fourth-order valence-corrected chi connectivity index (χ4v) is 0.300. The van der Waals surface area contributed by atoms with E-state index < -0.39 is 23.5 Å². The molecule has 0 aliphatic rings. The lowest BCUT2D eigenvalue weighted by molar-refractivity contribution is -0.136. The predicted octanol–water partition coefficient (Wildman–Crippen LogP) is 0.0394. The zero-order valence-corrected chi connectivity index (χ0v) is 5.76. The molecule has 0 atom stereocenters. The zero-order valence-electron chi connectivity index (χ0n) is 5.76. The first-order valence-electron chi connectivity index (χ1n) is 2.71. The van der Waals surface area contributed by atoms with Crippen molar-refractivity contribution in [2.75, 3.05) is 0 Å². The van der Waals surface area contributed by atoms with Crippen molar-refractivity contribution in [3.8, 4) is 0 Å². The minimum atomic E-state index is -1.61. The van der Waals surface area contributed by atoms with Crippen molar-refractivity contribution < 1.29 is 30.0 Å². The van der Waals surface area contributed by atoms with Gasteiger partial charge in [-0.15, -0.1) is 0 Å². The van der Waals surface area contributed by atoms with Gasteiger partial charge in [0.25, 0.3) is 0 Å². The molecule has 0 aliphatic carbocycles. The van der Waals surface area contributed by atoms with Gasteiger partial charge in [0.15, 0.2) is 0 Å². The fraction of sp³-hybridized carbons (Fsp3) is 0. The molecule has 0 amide bonds. The minimum absolute atomic E-state index is 0.561. The lowest BCUT2D eigenvalue weighted by Gasteiger charge is -1.89. The van der Waals surface area contributed by atoms with Gasteiger partial charge in [0, 0.05) is 0 Å². The average Bonchev–Trinajstić information content (AvgIpc) is 1.98. The number of hydrogen-bond acceptors (Lipinski definition) is 4. The van der Waals surface area contributed by atoms with Gasteiger partial charge in [-0.2, -0.15) is 0 Å². The van der Waals surface area contributed by atoms with Crippen LogP contribution in [0.5, 0.6) is 0 Å². The highest BCUT2D eigenvalue weighted by Crippen LogP contribution is 1.93. The van der Waals surface area contributed by atoms with Crippen molar-refractivity contribution in [2.45, 2.75) is 0 Å². The molecular formula is C6H6O6. The molecule has 0 heterocycles. The second kappa shape index (κ2) is 4.02. The summed E-state index contributed by atoms with van der Waals surface area (Å²) in [6, 6.07) is 0. The van der Waals surface area contributed by atoms with E-state index >= 15 is 0 Å². The van der Waals surface area contributed by atoms with Crippen LogP contribution in [0.2, 0.25) is 0 Å². The van der Waals surface area contributed by atoms with Crippen LogP contribution in [0.25, 0.3) is 0 Å². The van der Waals surface area contributed by atoms with Gasteiger partial charge < -0.3 is 20.4 Å². The second-order valence-corrected chi connectivity index (χ2v) is 1.71. The SMILES string of the molecule is O=C(O)/C(O)=C\C=C(\O)C(=O)O. The van der Waals surface area contributed by atoms with E-state index in [-0.39, 0.29) is 0 Å². The van der Waals surface area contributed by atoms with Crippen molar-refractivity contribution in [1.29, 1.82) is 0 Å². The summed E-state index contributed by atoms with van der Waals surface area (Å²) in [5.74, 6) is -5.32. The first-order valence-corrected chi connectivity index (χ1v) is 2.71. The van der Waals surface area contributed by atoms with Gasteiger partial charge in [0.2, 0.25) is 11.5 Å². The van der Waals surface area contributed by atoms with Crippen LogP contribution in [0.1, 0.15) is 0 Å². The van der Waals surface area contributed by atoms with Crippen LogP contribution in [0.4, 0.5) is 0 Å². The summed E-state index contributed by atoms with van der Waals surface area (Å²) >= 11 is 0. The van der Waals surface area contributed by atoms with Crippen LogP contribution >= 0.6 is 0 Å². The Morgan fingerprint density at radius 3 is 1.17 bits per heavy atom. The van der Waals surface area contributed by atoms with Gasteiger partial charge in [-0.3, -0.25) is 0 Å². The molecule has 0 saturated carbocycles. The number of carboxylic acids is 2. The van der Waals surface area contributed by atoms with Crippen LogP contribution in [-0.2, 0) is 9.59 Å². The lowest BCUT2D eigenvalue weighted by Crippen LogP contribution is -2.00. The summed E-state index contributed by atoms with van der Waals surface area (Å²) in [7, 11) is 0. The van der Waals surface area contributed by atoms with Gasteiger partial charge >= 0.3 is 11.9 Å². The molecule has 0 unspecified atom stereocenters. The third-order valence-corrected chi connectivity index (χ3v) is 0.837. The van der Waals surface area contributed by atoms with E-state index in [4.69, 9.17) is 20.4 Å². The fourth-order valence-electron chi connectivity index (χ4n) is 0.300. The molecule has 12 heavy (non-hydrogen) atoms. The van der Waals surface area contributed by atoms with Crippen LogP contribution < -0.4 is 0 Å². The maximum absolute atomic E-state index is 9.91. The summed E-state index contributed by atoms with van der Waals surface area (Å²) in [5.41, 5.74) is 0. The van der Waals surface area contributed by atoms with Crippen LogP contribution in [0, 0.1) is 0 Å². The summed E-state index contributed by atoms with van der Waals surface area (Å²) in [6.07, 6.45) is 1.12. The van der Waals surface area contributed by atoms with Gasteiger partial charge in [-0.1, -0.05) is 0 Å². The van der Waals surface area contributed by atoms with E-state index in [1.165, 1.54) is 0 Å². The normalized spacial score (nSPS) is 12.7. The Balaban J connectivity index is 4.48. The summed E-state index contributed by atoms with van der Waals surface area (Å²) in [5, 5.41) is 33.1. The Bertz CT molecular complexity index is 233. The molecule has 0 aromatic rings. The van der Waals surface area contributed by atoms with E-state index in [0.717, 1.165) is 0 Å². The summed E-state index contributed by atoms with van der Waals surface area (Å²) in [6.45, 7) is 0. The molecule has 0 saturated heterocycles. The molecule has 4 N–H and O–H groups in total. The number of aliphatic carboxylic acids is 2. The van der Waals surface area contributed by atoms with Gasteiger partial charge in [-0.25, -0.2) is 9.59 Å². The van der Waals surface area contributed by atoms with Crippen LogP contribution in [0.15, 0.2) is 23.7 Å². The standard InChI is InChI=1S/C6H6O6/c7-3(5(9)10)1-2-4(8)6(11)12/h1-2,7-8H,(H,9,10)(H,11,12)/b3-1+,4-2+. The topological polar surface area (TPSA) is 115 Å². The molecule has 0 bridgehead atoms. The third kappa shape index (κ3) is 3.25. The van der Waals surface area contributed by atoms with Gasteiger partial charge in [0.1, 0.15) is 0 Å². The smallest absolute Gasteiger partial charge is 0.370 e. The number of rotatable bonds is 3. The van der Waals surface area contributed by atoms with Crippen LogP contribution in [-0.4, -0.2) is 32.4 Å². The average molecular weight is 174 g/mol. The Hall–Kier alpha value is -1.98. The van der Waals surface area contributed by atoms with E-state index in [2.05, 4.69) is 0 Å². The van der Waals surface area contributed by atoms with Crippen LogP contribution in [0.3, 0.4) is 0 Å². The highest BCUT2D eigenvalue weighted by Gasteiger charge is 2.04. The maximum atomic E-state index is 9.91. The van der Waals surface area contributed by atoms with Crippen molar-refractivity contribution >= 4 is 11.9 Å². The van der Waals surface area contributed by atoms with Crippen molar-refractivity contribution in [3.63, 3.8) is 0 Å². The van der Waals surface area contributed by atoms with Crippen molar-refractivity contribution in [2.24, 2.45) is 0 Å². The first-order chi connectivity index (χ1) is 5.45. The Kier molecular flexibility index (Phi) is 3.35. The molecule has 0 radical (unpaired) electrons. The number of allylic oxidation sites excluding steroid dienone is 2. The molecule has 0 aromatic heterocycles. The predicted molar refractivity (Wildman–Crippen MR) is 36.7 cm³/mol. The number of aliphatic hydroxyl groups excluding tert-OH is 2. The molecule has 0 aliphatic heterocycles. The zero-order chi connectivity index (χ0) is 9.72. The number of carboxylic acid groups (broad SMARTS) is 2. The van der Waals surface area contributed by atoms with E-state index in [9.17, 15) is 9.59 Å². The van der Waals surface area contributed by atoms with E-state index in [0.29, 0.717) is 12.2 Å². The minimum Gasteiger partial charge on any atom is -0.502 e. The Morgan fingerprint density at radius 2 is 1.00 bits per heavy atom. The monoisotopic (exact) mass is 174 g/mol. The first kappa shape index (κ1) is 10.0. The van der Waals surface area contributed by atoms with E-state index in [1.54, 1.807) is 0 Å². The lowest BCUT2D eigenvalue weighted by atomic mass is 10.4. The van der Waals surface area contributed by atoms with Gasteiger partial charge in [-0.05, 0) is 12.2 Å². The Labute approximate surface area is 66.7 Å². The molecule has 0 rings (SSSR count). The highest BCUT2D eigenvalue weighted by molar-refractivity contribution is 5.86. The summed E-state index contributed by atoms with van der Waals surface area (Å²) in [4.78, 5) is 19.8. The summed E-state index contributed by atoms with van der Waals surface area (Å²) < 4.78 is 0. The highest BCUT2D eigenvalue weighted by atomic mass is 16.4. The quantitative estimate of drug-likeness (QED) is 0.273. The Morgan fingerprint density at radius 1 is 0.750 bits per heavy atom. The number of aliphatic hydroxyl groups is 2. The molecular weight excluding hydrogens is 168 g/mol. The molecule has 0 fully saturated rings. The van der Waals surface area contributed by atoms with E-state index in [1.807, 2.05) is 0 Å². The van der Waals surface area contributed by atoms with Gasteiger partial charge in [0.05, 0.1) is 0 Å². The number of carbonyl (C=O) groups is 2. The molecule has 6 heteroatoms.